The molecular weight excluding hydrogens is 258 g/mol. The Hall–Kier alpha value is -2.44. The van der Waals surface area contributed by atoms with Gasteiger partial charge in [0.05, 0.1) is 5.69 Å². The molecule has 0 aliphatic carbocycles. The number of aliphatic carboxylic acids is 1. The van der Waals surface area contributed by atoms with Crippen molar-refractivity contribution in [3.63, 3.8) is 0 Å². The predicted molar refractivity (Wildman–Crippen MR) is 73.8 cm³/mol. The second-order valence-electron chi connectivity index (χ2n) is 4.67. The zero-order chi connectivity index (χ0) is 14.5. The molecule has 0 bridgehead atoms. The molecule has 1 atom stereocenters. The van der Waals surface area contributed by atoms with Gasteiger partial charge in [0.25, 0.3) is 0 Å². The van der Waals surface area contributed by atoms with Crippen LogP contribution < -0.4 is 5.32 Å². The molecule has 0 amide bonds. The minimum Gasteiger partial charge on any atom is -0.481 e. The molecule has 1 aromatic carbocycles. The SMILES string of the molecule is Cc1nnnn1-c1cccc(NC(C)CCC(=O)O)c1. The van der Waals surface area contributed by atoms with E-state index in [1.807, 2.05) is 38.1 Å². The summed E-state index contributed by atoms with van der Waals surface area (Å²) in [4.78, 5) is 10.5. The van der Waals surface area contributed by atoms with Gasteiger partial charge in [-0.1, -0.05) is 6.07 Å². The maximum atomic E-state index is 10.5. The highest BCUT2D eigenvalue weighted by molar-refractivity contribution is 5.66. The van der Waals surface area contributed by atoms with Crippen LogP contribution in [0.25, 0.3) is 5.69 Å². The van der Waals surface area contributed by atoms with Crippen molar-refractivity contribution in [1.29, 1.82) is 0 Å². The number of benzene rings is 1. The number of rotatable bonds is 6. The number of tetrazole rings is 1. The number of aromatic nitrogens is 4. The van der Waals surface area contributed by atoms with Crippen LogP contribution in [0.5, 0.6) is 0 Å². The minimum absolute atomic E-state index is 0.0799. The van der Waals surface area contributed by atoms with E-state index in [4.69, 9.17) is 5.11 Å². The normalized spacial score (nSPS) is 12.1. The zero-order valence-corrected chi connectivity index (χ0v) is 11.4. The summed E-state index contributed by atoms with van der Waals surface area (Å²) in [6.07, 6.45) is 0.726. The molecule has 0 aliphatic heterocycles. The van der Waals surface area contributed by atoms with Crippen molar-refractivity contribution in [3.8, 4) is 5.69 Å². The quantitative estimate of drug-likeness (QED) is 0.832. The number of carboxylic acid groups (broad SMARTS) is 1. The van der Waals surface area contributed by atoms with E-state index in [0.717, 1.165) is 11.4 Å². The first-order chi connectivity index (χ1) is 9.56. The number of aryl methyl sites for hydroxylation is 1. The molecule has 2 N–H and O–H groups in total. The Morgan fingerprint density at radius 3 is 2.95 bits per heavy atom. The van der Waals surface area contributed by atoms with Crippen molar-refractivity contribution in [2.75, 3.05) is 5.32 Å². The Morgan fingerprint density at radius 2 is 2.30 bits per heavy atom. The molecule has 1 aromatic heterocycles. The third kappa shape index (κ3) is 3.53. The molecule has 7 heteroatoms. The summed E-state index contributed by atoms with van der Waals surface area (Å²) in [5.41, 5.74) is 1.78. The molecular formula is C13H17N5O2. The fourth-order valence-corrected chi connectivity index (χ4v) is 1.89. The lowest BCUT2D eigenvalue weighted by Crippen LogP contribution is -2.16. The molecule has 2 rings (SSSR count). The Labute approximate surface area is 116 Å². The Morgan fingerprint density at radius 1 is 1.50 bits per heavy atom. The summed E-state index contributed by atoms with van der Waals surface area (Å²) in [5, 5.41) is 23.3. The number of carbonyl (C=O) groups is 1. The second-order valence-corrected chi connectivity index (χ2v) is 4.67. The van der Waals surface area contributed by atoms with Crippen molar-refractivity contribution in [2.24, 2.45) is 0 Å². The summed E-state index contributed by atoms with van der Waals surface area (Å²) < 4.78 is 1.65. The van der Waals surface area contributed by atoms with E-state index >= 15 is 0 Å². The van der Waals surface area contributed by atoms with Gasteiger partial charge in [0.1, 0.15) is 0 Å². The van der Waals surface area contributed by atoms with Crippen molar-refractivity contribution >= 4 is 11.7 Å². The van der Waals surface area contributed by atoms with Crippen LogP contribution in [-0.2, 0) is 4.79 Å². The number of hydrogen-bond donors (Lipinski definition) is 2. The van der Waals surface area contributed by atoms with Crippen LogP contribution >= 0.6 is 0 Å². The monoisotopic (exact) mass is 275 g/mol. The number of nitrogens with one attached hydrogen (secondary N) is 1. The van der Waals surface area contributed by atoms with Crippen LogP contribution in [0.2, 0.25) is 0 Å². The molecule has 0 fully saturated rings. The predicted octanol–water partition coefficient (Wildman–Crippen LogP) is 1.64. The van der Waals surface area contributed by atoms with Crippen molar-refractivity contribution < 1.29 is 9.90 Å². The van der Waals surface area contributed by atoms with Gasteiger partial charge < -0.3 is 10.4 Å². The highest BCUT2D eigenvalue weighted by atomic mass is 16.4. The summed E-state index contributed by atoms with van der Waals surface area (Å²) in [7, 11) is 0. The lowest BCUT2D eigenvalue weighted by atomic mass is 10.1. The van der Waals surface area contributed by atoms with Crippen LogP contribution in [0.4, 0.5) is 5.69 Å². The fraction of sp³-hybridized carbons (Fsp3) is 0.385. The molecule has 1 heterocycles. The third-order valence-corrected chi connectivity index (χ3v) is 2.92. The molecule has 0 aliphatic rings. The highest BCUT2D eigenvalue weighted by Gasteiger charge is 2.07. The van der Waals surface area contributed by atoms with Crippen LogP contribution in [0.3, 0.4) is 0 Å². The second kappa shape index (κ2) is 6.14. The first kappa shape index (κ1) is 14.0. The molecule has 1 unspecified atom stereocenters. The molecule has 20 heavy (non-hydrogen) atoms. The van der Waals surface area contributed by atoms with Crippen LogP contribution in [-0.4, -0.2) is 37.3 Å². The molecule has 0 saturated heterocycles. The number of hydrogen-bond acceptors (Lipinski definition) is 5. The smallest absolute Gasteiger partial charge is 0.303 e. The molecule has 0 spiro atoms. The topological polar surface area (TPSA) is 92.9 Å². The van der Waals surface area contributed by atoms with Crippen LogP contribution in [0.1, 0.15) is 25.6 Å². The van der Waals surface area contributed by atoms with Gasteiger partial charge in [-0.15, -0.1) is 5.10 Å². The van der Waals surface area contributed by atoms with Gasteiger partial charge in [-0.2, -0.15) is 4.68 Å². The summed E-state index contributed by atoms with van der Waals surface area (Å²) in [6, 6.07) is 7.76. The average molecular weight is 275 g/mol. The molecule has 0 saturated carbocycles. The third-order valence-electron chi connectivity index (χ3n) is 2.92. The standard InChI is InChI=1S/C13H17N5O2/c1-9(6-7-13(19)20)14-11-4-3-5-12(8-11)18-10(2)15-16-17-18/h3-5,8-9,14H,6-7H2,1-2H3,(H,19,20). The Balaban J connectivity index is 2.07. The van der Waals surface area contributed by atoms with Crippen molar-refractivity contribution in [2.45, 2.75) is 32.7 Å². The minimum atomic E-state index is -0.781. The van der Waals surface area contributed by atoms with E-state index in [-0.39, 0.29) is 12.5 Å². The van der Waals surface area contributed by atoms with E-state index in [2.05, 4.69) is 20.8 Å². The first-order valence-electron chi connectivity index (χ1n) is 6.40. The zero-order valence-electron chi connectivity index (χ0n) is 11.4. The number of anilines is 1. The highest BCUT2D eigenvalue weighted by Crippen LogP contribution is 2.16. The summed E-state index contributed by atoms with van der Waals surface area (Å²) >= 11 is 0. The Bertz CT molecular complexity index is 596. The summed E-state index contributed by atoms with van der Waals surface area (Å²) in [5.74, 6) is -0.0715. The first-order valence-corrected chi connectivity index (χ1v) is 6.40. The molecule has 0 radical (unpaired) electrons. The van der Waals surface area contributed by atoms with Gasteiger partial charge in [-0.3, -0.25) is 4.79 Å². The largest absolute Gasteiger partial charge is 0.481 e. The Kier molecular flexibility index (Phi) is 4.29. The van der Waals surface area contributed by atoms with E-state index in [1.165, 1.54) is 0 Å². The maximum Gasteiger partial charge on any atom is 0.303 e. The van der Waals surface area contributed by atoms with E-state index in [9.17, 15) is 4.79 Å². The van der Waals surface area contributed by atoms with Gasteiger partial charge in [-0.25, -0.2) is 0 Å². The molecule has 2 aromatic rings. The van der Waals surface area contributed by atoms with Crippen molar-refractivity contribution in [3.05, 3.63) is 30.1 Å². The number of nitrogens with zero attached hydrogens (tertiary/aromatic N) is 4. The van der Waals surface area contributed by atoms with Gasteiger partial charge in [0, 0.05) is 18.2 Å². The van der Waals surface area contributed by atoms with E-state index in [0.29, 0.717) is 12.2 Å². The summed E-state index contributed by atoms with van der Waals surface area (Å²) in [6.45, 7) is 3.79. The lowest BCUT2D eigenvalue weighted by Gasteiger charge is -2.15. The van der Waals surface area contributed by atoms with E-state index < -0.39 is 5.97 Å². The number of carboxylic acids is 1. The van der Waals surface area contributed by atoms with Gasteiger partial charge in [0.2, 0.25) is 0 Å². The van der Waals surface area contributed by atoms with E-state index in [1.54, 1.807) is 4.68 Å². The maximum absolute atomic E-state index is 10.5. The fourth-order valence-electron chi connectivity index (χ4n) is 1.89. The van der Waals surface area contributed by atoms with Gasteiger partial charge >= 0.3 is 5.97 Å². The molecule has 106 valence electrons. The van der Waals surface area contributed by atoms with Crippen LogP contribution in [0.15, 0.2) is 24.3 Å². The van der Waals surface area contributed by atoms with Gasteiger partial charge in [-0.05, 0) is 48.9 Å². The van der Waals surface area contributed by atoms with Crippen molar-refractivity contribution in [1.82, 2.24) is 20.2 Å². The lowest BCUT2D eigenvalue weighted by molar-refractivity contribution is -0.137. The molecule has 7 nitrogen and oxygen atoms in total. The average Bonchev–Trinajstić information content (AvgIpc) is 2.83. The van der Waals surface area contributed by atoms with Gasteiger partial charge in [0.15, 0.2) is 5.82 Å². The van der Waals surface area contributed by atoms with Crippen LogP contribution in [0, 0.1) is 6.92 Å².